The van der Waals surface area contributed by atoms with Crippen molar-refractivity contribution in [1.29, 1.82) is 0 Å². The first kappa shape index (κ1) is 29.2. The van der Waals surface area contributed by atoms with Gasteiger partial charge in [-0.1, -0.05) is 56.3 Å². The number of carbonyl (C=O) groups is 2. The number of carbonyl (C=O) groups excluding carboxylic acids is 2. The second-order valence-electron chi connectivity index (χ2n) is 10.4. The summed E-state index contributed by atoms with van der Waals surface area (Å²) in [5.74, 6) is -0.781. The summed E-state index contributed by atoms with van der Waals surface area (Å²) in [5.41, 5.74) is 2.96. The van der Waals surface area contributed by atoms with Crippen LogP contribution in [0.1, 0.15) is 41.0 Å². The molecule has 8 nitrogen and oxygen atoms in total. The zero-order chi connectivity index (χ0) is 29.4. The van der Waals surface area contributed by atoms with Crippen molar-refractivity contribution < 1.29 is 18.9 Å². The summed E-state index contributed by atoms with van der Waals surface area (Å²) in [6.07, 6.45) is 1.92. The molecule has 0 fully saturated rings. The second kappa shape index (κ2) is 13.5. The number of halogens is 1. The molecule has 4 aromatic rings. The van der Waals surface area contributed by atoms with E-state index in [1.807, 2.05) is 67.1 Å². The summed E-state index contributed by atoms with van der Waals surface area (Å²) >= 11 is 0. The van der Waals surface area contributed by atoms with Crippen molar-refractivity contribution in [3.05, 3.63) is 136 Å². The lowest BCUT2D eigenvalue weighted by molar-refractivity contribution is -0.384. The maximum absolute atomic E-state index is 13.8. The van der Waals surface area contributed by atoms with E-state index in [1.54, 1.807) is 17.0 Å². The van der Waals surface area contributed by atoms with Gasteiger partial charge in [-0.15, -0.1) is 0 Å². The maximum atomic E-state index is 13.8. The van der Waals surface area contributed by atoms with Crippen molar-refractivity contribution in [3.63, 3.8) is 0 Å². The monoisotopic (exact) mass is 556 g/mol. The molecule has 0 spiro atoms. The van der Waals surface area contributed by atoms with Crippen LogP contribution >= 0.6 is 0 Å². The largest absolute Gasteiger partial charge is 0.345 e. The molecule has 0 N–H and O–H groups in total. The smallest absolute Gasteiger partial charge is 0.269 e. The molecule has 0 aliphatic carbocycles. The number of nitro benzene ring substituents is 1. The maximum Gasteiger partial charge on any atom is 0.269 e. The van der Waals surface area contributed by atoms with Crippen molar-refractivity contribution in [1.82, 2.24) is 14.4 Å². The molecule has 9 heteroatoms. The minimum atomic E-state index is -0.517. The molecule has 1 heterocycles. The Morgan fingerprint density at radius 3 is 2.17 bits per heavy atom. The zero-order valence-electron chi connectivity index (χ0n) is 23.2. The van der Waals surface area contributed by atoms with Gasteiger partial charge >= 0.3 is 0 Å². The predicted molar refractivity (Wildman–Crippen MR) is 154 cm³/mol. The Balaban J connectivity index is 1.57. The Hall–Kier alpha value is -4.79. The van der Waals surface area contributed by atoms with E-state index in [-0.39, 0.29) is 41.3 Å². The van der Waals surface area contributed by atoms with E-state index < -0.39 is 4.92 Å². The zero-order valence-corrected chi connectivity index (χ0v) is 23.2. The molecule has 1 aromatic heterocycles. The summed E-state index contributed by atoms with van der Waals surface area (Å²) in [7, 11) is 0. The number of nitrogens with zero attached hydrogens (tertiary/aromatic N) is 4. The van der Waals surface area contributed by atoms with Crippen molar-refractivity contribution in [2.24, 2.45) is 5.92 Å². The van der Waals surface area contributed by atoms with Gasteiger partial charge in [-0.25, -0.2) is 4.39 Å². The number of nitro groups is 1. The lowest BCUT2D eigenvalue weighted by atomic mass is 10.1. The third kappa shape index (κ3) is 8.11. The van der Waals surface area contributed by atoms with Crippen molar-refractivity contribution in [2.75, 3.05) is 13.1 Å². The van der Waals surface area contributed by atoms with Gasteiger partial charge in [0.05, 0.1) is 11.5 Å². The standard InChI is InChI=1S/C32H33FN4O4/c1-24(2)19-36(32(39)27-12-16-29(17-13-27)37(40)41)23-31(38)35(21-25-7-4-3-5-8-25)22-30-9-6-18-34(30)20-26-10-14-28(33)15-11-26/h3-18,24H,19-23H2,1-2H3. The Labute approximate surface area is 238 Å². The number of hydrogen-bond donors (Lipinski definition) is 0. The average Bonchev–Trinajstić information content (AvgIpc) is 3.39. The van der Waals surface area contributed by atoms with Gasteiger partial charge in [-0.3, -0.25) is 19.7 Å². The molecule has 0 bridgehead atoms. The lowest BCUT2D eigenvalue weighted by Crippen LogP contribution is -2.44. The Morgan fingerprint density at radius 2 is 1.54 bits per heavy atom. The Kier molecular flexibility index (Phi) is 9.63. The first-order valence-electron chi connectivity index (χ1n) is 13.4. The highest BCUT2D eigenvalue weighted by Gasteiger charge is 2.24. The normalized spacial score (nSPS) is 10.9. The first-order chi connectivity index (χ1) is 19.7. The van der Waals surface area contributed by atoms with E-state index in [0.29, 0.717) is 26.2 Å². The Bertz CT molecular complexity index is 1470. The van der Waals surface area contributed by atoms with Crippen LogP contribution in [0.2, 0.25) is 0 Å². The molecule has 0 aliphatic rings. The van der Waals surface area contributed by atoms with Crippen LogP contribution in [-0.2, 0) is 24.4 Å². The number of aromatic nitrogens is 1. The number of amides is 2. The topological polar surface area (TPSA) is 88.7 Å². The molecule has 0 saturated heterocycles. The van der Waals surface area contributed by atoms with E-state index in [9.17, 15) is 24.1 Å². The van der Waals surface area contributed by atoms with Gasteiger partial charge in [0, 0.05) is 49.2 Å². The van der Waals surface area contributed by atoms with Crippen LogP contribution in [0, 0.1) is 21.8 Å². The van der Waals surface area contributed by atoms with Gasteiger partial charge < -0.3 is 14.4 Å². The second-order valence-corrected chi connectivity index (χ2v) is 10.4. The Morgan fingerprint density at radius 1 is 0.854 bits per heavy atom. The molecule has 0 aliphatic heterocycles. The molecule has 0 radical (unpaired) electrons. The summed E-state index contributed by atoms with van der Waals surface area (Å²) in [6, 6.07) is 25.2. The molecule has 0 saturated carbocycles. The van der Waals surface area contributed by atoms with Crippen LogP contribution in [0.3, 0.4) is 0 Å². The third-order valence-electron chi connectivity index (χ3n) is 6.64. The van der Waals surface area contributed by atoms with Crippen LogP contribution in [0.15, 0.2) is 97.2 Å². The minimum Gasteiger partial charge on any atom is -0.345 e. The molecule has 4 rings (SSSR count). The number of non-ortho nitro benzene ring substituents is 1. The summed E-state index contributed by atoms with van der Waals surface area (Å²) in [5, 5.41) is 11.0. The predicted octanol–water partition coefficient (Wildman–Crippen LogP) is 5.91. The van der Waals surface area contributed by atoms with E-state index in [1.165, 1.54) is 41.3 Å². The van der Waals surface area contributed by atoms with Crippen LogP contribution in [0.4, 0.5) is 10.1 Å². The molecule has 0 atom stereocenters. The van der Waals surface area contributed by atoms with Crippen molar-refractivity contribution in [3.8, 4) is 0 Å². The summed E-state index contributed by atoms with van der Waals surface area (Å²) in [6.45, 7) is 5.32. The quantitative estimate of drug-likeness (QED) is 0.160. The van der Waals surface area contributed by atoms with E-state index in [4.69, 9.17) is 0 Å². The van der Waals surface area contributed by atoms with Gasteiger partial charge in [0.25, 0.3) is 11.6 Å². The highest BCUT2D eigenvalue weighted by atomic mass is 19.1. The SMILES string of the molecule is CC(C)CN(CC(=O)N(Cc1ccccc1)Cc1cccn1Cc1ccc(F)cc1)C(=O)c1ccc([N+](=O)[O-])cc1. The molecular formula is C32H33FN4O4. The van der Waals surface area contributed by atoms with Gasteiger partial charge in [0.1, 0.15) is 12.4 Å². The van der Waals surface area contributed by atoms with E-state index in [0.717, 1.165) is 16.8 Å². The van der Waals surface area contributed by atoms with Crippen molar-refractivity contribution >= 4 is 17.5 Å². The fourth-order valence-electron chi connectivity index (χ4n) is 4.60. The van der Waals surface area contributed by atoms with Crippen LogP contribution in [0.25, 0.3) is 0 Å². The minimum absolute atomic E-state index is 0.0975. The molecule has 2 amide bonds. The highest BCUT2D eigenvalue weighted by Crippen LogP contribution is 2.17. The average molecular weight is 557 g/mol. The molecule has 0 unspecified atom stereocenters. The summed E-state index contributed by atoms with van der Waals surface area (Å²) < 4.78 is 15.4. The highest BCUT2D eigenvalue weighted by molar-refractivity contribution is 5.96. The number of benzene rings is 3. The van der Waals surface area contributed by atoms with Gasteiger partial charge in [-0.2, -0.15) is 0 Å². The van der Waals surface area contributed by atoms with Crippen molar-refractivity contribution in [2.45, 2.75) is 33.5 Å². The van der Waals surface area contributed by atoms with Gasteiger partial charge in [0.15, 0.2) is 0 Å². The molecule has 3 aromatic carbocycles. The number of hydrogen-bond acceptors (Lipinski definition) is 4. The van der Waals surface area contributed by atoms with Crippen LogP contribution < -0.4 is 0 Å². The van der Waals surface area contributed by atoms with E-state index >= 15 is 0 Å². The fourth-order valence-corrected chi connectivity index (χ4v) is 4.60. The lowest BCUT2D eigenvalue weighted by Gasteiger charge is -2.29. The summed E-state index contributed by atoms with van der Waals surface area (Å²) in [4.78, 5) is 41.0. The van der Waals surface area contributed by atoms with Gasteiger partial charge in [-0.05, 0) is 53.4 Å². The van der Waals surface area contributed by atoms with E-state index in [2.05, 4.69) is 0 Å². The number of rotatable bonds is 12. The molecule has 212 valence electrons. The van der Waals surface area contributed by atoms with Crippen LogP contribution in [0.5, 0.6) is 0 Å². The fraction of sp³-hybridized carbons (Fsp3) is 0.250. The molecule has 41 heavy (non-hydrogen) atoms. The third-order valence-corrected chi connectivity index (χ3v) is 6.64. The van der Waals surface area contributed by atoms with Crippen LogP contribution in [-0.4, -0.2) is 44.2 Å². The molecular weight excluding hydrogens is 523 g/mol. The first-order valence-corrected chi connectivity index (χ1v) is 13.4. The van der Waals surface area contributed by atoms with Gasteiger partial charge in [0.2, 0.25) is 5.91 Å².